The molecule has 5 heteroatoms. The normalized spacial score (nSPS) is 22.3. The Balaban J connectivity index is 2.08. The first kappa shape index (κ1) is 17.0. The van der Waals surface area contributed by atoms with Crippen molar-refractivity contribution in [1.29, 1.82) is 0 Å². The Labute approximate surface area is 133 Å². The van der Waals surface area contributed by atoms with E-state index in [1.807, 2.05) is 6.92 Å². The minimum absolute atomic E-state index is 0.162. The molecule has 0 bridgehead atoms. The molecule has 0 aromatic heterocycles. The lowest BCUT2D eigenvalue weighted by molar-refractivity contribution is -0.130. The average molecular weight is 323 g/mol. The smallest absolute Gasteiger partial charge is 0.238 e. The summed E-state index contributed by atoms with van der Waals surface area (Å²) in [6, 6.07) is 6.81. The average Bonchev–Trinajstić information content (AvgIpc) is 2.47. The van der Waals surface area contributed by atoms with E-state index in [1.54, 1.807) is 36.2 Å². The van der Waals surface area contributed by atoms with Gasteiger partial charge in [-0.15, -0.1) is 0 Å². The second-order valence-electron chi connectivity index (χ2n) is 6.41. The summed E-state index contributed by atoms with van der Waals surface area (Å²) in [6.45, 7) is 4.04. The Morgan fingerprint density at radius 3 is 2.36 bits per heavy atom. The molecule has 1 amide bonds. The van der Waals surface area contributed by atoms with E-state index in [4.69, 9.17) is 0 Å². The van der Waals surface area contributed by atoms with Crippen molar-refractivity contribution in [3.05, 3.63) is 29.8 Å². The number of carbonyl (C=O) groups excluding carboxylic acids is 1. The minimum atomic E-state index is -3.57. The van der Waals surface area contributed by atoms with Crippen LogP contribution < -0.4 is 0 Å². The van der Waals surface area contributed by atoms with Crippen molar-refractivity contribution >= 4 is 15.7 Å². The number of amides is 1. The van der Waals surface area contributed by atoms with E-state index in [2.05, 4.69) is 6.92 Å². The van der Waals surface area contributed by atoms with Crippen LogP contribution in [0.4, 0.5) is 0 Å². The molecule has 22 heavy (non-hydrogen) atoms. The standard InChI is InChI=1S/C17H25NO3S/c1-13-8-10-15(11-9-13)22(20,21)12-17(19)18(3)16-7-5-4-6-14(16)2/h8-11,14,16H,4-7,12H2,1-3H3. The molecule has 1 aliphatic carbocycles. The molecule has 2 unspecified atom stereocenters. The Hall–Kier alpha value is -1.36. The van der Waals surface area contributed by atoms with Crippen molar-refractivity contribution in [1.82, 2.24) is 4.90 Å². The molecule has 4 nitrogen and oxygen atoms in total. The van der Waals surface area contributed by atoms with Crippen molar-refractivity contribution in [2.24, 2.45) is 5.92 Å². The maximum Gasteiger partial charge on any atom is 0.238 e. The zero-order valence-corrected chi connectivity index (χ0v) is 14.4. The number of carbonyl (C=O) groups is 1. The third-order valence-corrected chi connectivity index (χ3v) is 6.27. The number of sulfone groups is 1. The van der Waals surface area contributed by atoms with Gasteiger partial charge >= 0.3 is 0 Å². The van der Waals surface area contributed by atoms with Gasteiger partial charge < -0.3 is 4.90 Å². The Morgan fingerprint density at radius 2 is 1.77 bits per heavy atom. The van der Waals surface area contributed by atoms with Crippen LogP contribution in [0.1, 0.15) is 38.2 Å². The van der Waals surface area contributed by atoms with Crippen LogP contribution in [0, 0.1) is 12.8 Å². The number of hydrogen-bond acceptors (Lipinski definition) is 3. The van der Waals surface area contributed by atoms with E-state index in [1.165, 1.54) is 6.42 Å². The summed E-state index contributed by atoms with van der Waals surface area (Å²) in [5.74, 6) is -0.320. The van der Waals surface area contributed by atoms with Gasteiger partial charge in [-0.1, -0.05) is 37.5 Å². The molecular weight excluding hydrogens is 298 g/mol. The van der Waals surface area contributed by atoms with Gasteiger partial charge in [0.25, 0.3) is 0 Å². The fraction of sp³-hybridized carbons (Fsp3) is 0.588. The van der Waals surface area contributed by atoms with E-state index in [-0.39, 0.29) is 16.8 Å². The van der Waals surface area contributed by atoms with Crippen molar-refractivity contribution in [3.63, 3.8) is 0 Å². The second-order valence-corrected chi connectivity index (χ2v) is 8.40. The summed E-state index contributed by atoms with van der Waals surface area (Å²) in [5, 5.41) is 0. The van der Waals surface area contributed by atoms with Crippen molar-refractivity contribution in [2.45, 2.75) is 50.5 Å². The zero-order chi connectivity index (χ0) is 16.3. The number of rotatable bonds is 4. The maximum atomic E-state index is 12.4. The van der Waals surface area contributed by atoms with Gasteiger partial charge in [-0.25, -0.2) is 8.42 Å². The monoisotopic (exact) mass is 323 g/mol. The van der Waals surface area contributed by atoms with Crippen molar-refractivity contribution in [3.8, 4) is 0 Å². The Bertz CT molecular complexity index is 622. The molecule has 1 aromatic rings. The summed E-state index contributed by atoms with van der Waals surface area (Å²) < 4.78 is 24.8. The van der Waals surface area contributed by atoms with Gasteiger partial charge in [0, 0.05) is 13.1 Å². The van der Waals surface area contributed by atoms with E-state index >= 15 is 0 Å². The number of nitrogens with zero attached hydrogens (tertiary/aromatic N) is 1. The molecule has 0 heterocycles. The van der Waals surface area contributed by atoms with Crippen LogP contribution in [0.25, 0.3) is 0 Å². The topological polar surface area (TPSA) is 54.5 Å². The Kier molecular flexibility index (Phi) is 5.27. The van der Waals surface area contributed by atoms with Crippen LogP contribution in [0.15, 0.2) is 29.2 Å². The zero-order valence-electron chi connectivity index (χ0n) is 13.6. The number of hydrogen-bond donors (Lipinski definition) is 0. The highest BCUT2D eigenvalue weighted by molar-refractivity contribution is 7.92. The van der Waals surface area contributed by atoms with Crippen LogP contribution in [-0.2, 0) is 14.6 Å². The van der Waals surface area contributed by atoms with Gasteiger partial charge in [-0.2, -0.15) is 0 Å². The van der Waals surface area contributed by atoms with Gasteiger partial charge in [0.05, 0.1) is 4.90 Å². The second kappa shape index (κ2) is 6.82. The molecule has 0 saturated heterocycles. The van der Waals surface area contributed by atoms with Gasteiger partial charge in [0.15, 0.2) is 9.84 Å². The van der Waals surface area contributed by atoms with Crippen LogP contribution in [0.2, 0.25) is 0 Å². The lowest BCUT2D eigenvalue weighted by Gasteiger charge is -2.36. The molecule has 0 aliphatic heterocycles. The molecule has 1 aromatic carbocycles. The van der Waals surface area contributed by atoms with Gasteiger partial charge in [-0.05, 0) is 37.8 Å². The first-order chi connectivity index (χ1) is 10.3. The largest absolute Gasteiger partial charge is 0.342 e. The highest BCUT2D eigenvalue weighted by Gasteiger charge is 2.30. The van der Waals surface area contributed by atoms with Crippen LogP contribution in [0.3, 0.4) is 0 Å². The van der Waals surface area contributed by atoms with Crippen LogP contribution in [0.5, 0.6) is 0 Å². The first-order valence-corrected chi connectivity index (χ1v) is 9.51. The molecule has 2 rings (SSSR count). The quantitative estimate of drug-likeness (QED) is 0.856. The predicted octanol–water partition coefficient (Wildman–Crippen LogP) is 2.81. The molecule has 0 spiro atoms. The fourth-order valence-corrected chi connectivity index (χ4v) is 4.40. The molecule has 122 valence electrons. The SMILES string of the molecule is Cc1ccc(S(=O)(=O)CC(=O)N(C)C2CCCCC2C)cc1. The van der Waals surface area contributed by atoms with Crippen LogP contribution in [-0.4, -0.2) is 38.1 Å². The molecule has 1 saturated carbocycles. The Morgan fingerprint density at radius 1 is 1.18 bits per heavy atom. The van der Waals surface area contributed by atoms with E-state index in [0.29, 0.717) is 5.92 Å². The summed E-state index contributed by atoms with van der Waals surface area (Å²) in [6.07, 6.45) is 4.37. The van der Waals surface area contributed by atoms with Crippen molar-refractivity contribution in [2.75, 3.05) is 12.8 Å². The van der Waals surface area contributed by atoms with Crippen molar-refractivity contribution < 1.29 is 13.2 Å². The summed E-state index contributed by atoms with van der Waals surface area (Å²) in [5.41, 5.74) is 0.999. The van der Waals surface area contributed by atoms with E-state index in [9.17, 15) is 13.2 Å². The number of aryl methyl sites for hydroxylation is 1. The molecule has 0 radical (unpaired) electrons. The number of benzene rings is 1. The molecule has 2 atom stereocenters. The first-order valence-electron chi connectivity index (χ1n) is 7.86. The molecule has 0 N–H and O–H groups in total. The molecule has 1 fully saturated rings. The lowest BCUT2D eigenvalue weighted by atomic mass is 9.85. The summed E-state index contributed by atoms with van der Waals surface area (Å²) in [4.78, 5) is 14.3. The highest BCUT2D eigenvalue weighted by Crippen LogP contribution is 2.27. The van der Waals surface area contributed by atoms with E-state index < -0.39 is 15.6 Å². The van der Waals surface area contributed by atoms with Crippen LogP contribution >= 0.6 is 0 Å². The van der Waals surface area contributed by atoms with E-state index in [0.717, 1.165) is 24.8 Å². The summed E-state index contributed by atoms with van der Waals surface area (Å²) >= 11 is 0. The third kappa shape index (κ3) is 3.88. The summed E-state index contributed by atoms with van der Waals surface area (Å²) in [7, 11) is -1.83. The fourth-order valence-electron chi connectivity index (χ4n) is 3.15. The van der Waals surface area contributed by atoms with Gasteiger partial charge in [-0.3, -0.25) is 4.79 Å². The van der Waals surface area contributed by atoms with Gasteiger partial charge in [0.2, 0.25) is 5.91 Å². The maximum absolute atomic E-state index is 12.4. The predicted molar refractivity (Wildman–Crippen MR) is 87.4 cm³/mol. The minimum Gasteiger partial charge on any atom is -0.342 e. The lowest BCUT2D eigenvalue weighted by Crippen LogP contribution is -2.44. The van der Waals surface area contributed by atoms with Gasteiger partial charge in [0.1, 0.15) is 5.75 Å². The molecular formula is C17H25NO3S. The molecule has 1 aliphatic rings. The third-order valence-electron chi connectivity index (χ3n) is 4.65. The highest BCUT2D eigenvalue weighted by atomic mass is 32.2.